The van der Waals surface area contributed by atoms with Crippen molar-refractivity contribution in [2.24, 2.45) is 10.7 Å². The van der Waals surface area contributed by atoms with Gasteiger partial charge >= 0.3 is 0 Å². The van der Waals surface area contributed by atoms with Crippen LogP contribution in [-0.4, -0.2) is 25.2 Å². The SMILES string of the molecule is C=C(C)CNC(N)=NCC(C)Oc1cccc(Cl)c1.I. The van der Waals surface area contributed by atoms with Crippen LogP contribution in [-0.2, 0) is 0 Å². The van der Waals surface area contributed by atoms with Crippen molar-refractivity contribution in [3.05, 3.63) is 41.4 Å². The summed E-state index contributed by atoms with van der Waals surface area (Å²) in [6.45, 7) is 8.72. The van der Waals surface area contributed by atoms with Crippen molar-refractivity contribution in [3.63, 3.8) is 0 Å². The first kappa shape index (κ1) is 19.1. The van der Waals surface area contributed by atoms with E-state index >= 15 is 0 Å². The van der Waals surface area contributed by atoms with Crippen LogP contribution in [0.25, 0.3) is 0 Å². The second-order valence-electron chi connectivity index (χ2n) is 4.42. The van der Waals surface area contributed by atoms with Crippen LogP contribution in [0.3, 0.4) is 0 Å². The highest BCUT2D eigenvalue weighted by molar-refractivity contribution is 14.0. The van der Waals surface area contributed by atoms with Gasteiger partial charge in [-0.2, -0.15) is 0 Å². The lowest BCUT2D eigenvalue weighted by atomic mass is 10.3. The fraction of sp³-hybridized carbons (Fsp3) is 0.357. The summed E-state index contributed by atoms with van der Waals surface area (Å²) < 4.78 is 5.68. The first-order valence-corrected chi connectivity index (χ1v) is 6.45. The van der Waals surface area contributed by atoms with Gasteiger partial charge in [-0.15, -0.1) is 24.0 Å². The fourth-order valence-corrected chi connectivity index (χ4v) is 1.51. The van der Waals surface area contributed by atoms with Gasteiger partial charge in [-0.3, -0.25) is 0 Å². The highest BCUT2D eigenvalue weighted by Crippen LogP contribution is 2.18. The number of guanidine groups is 1. The maximum Gasteiger partial charge on any atom is 0.188 e. The van der Waals surface area contributed by atoms with Crippen molar-refractivity contribution in [2.45, 2.75) is 20.0 Å². The first-order chi connectivity index (χ1) is 8.97. The van der Waals surface area contributed by atoms with Crippen molar-refractivity contribution >= 4 is 41.5 Å². The zero-order valence-corrected chi connectivity index (χ0v) is 14.8. The number of nitrogens with two attached hydrogens (primary N) is 1. The normalized spacial score (nSPS) is 12.2. The number of hydrogen-bond donors (Lipinski definition) is 2. The Morgan fingerprint density at radius 2 is 2.25 bits per heavy atom. The Bertz CT molecular complexity index is 465. The minimum atomic E-state index is -0.0800. The van der Waals surface area contributed by atoms with Gasteiger partial charge in [0.2, 0.25) is 0 Å². The highest BCUT2D eigenvalue weighted by Gasteiger charge is 2.04. The molecular weight excluding hydrogens is 389 g/mol. The molecule has 1 rings (SSSR count). The summed E-state index contributed by atoms with van der Waals surface area (Å²) in [5.74, 6) is 1.12. The van der Waals surface area contributed by atoms with Gasteiger partial charge in [-0.25, -0.2) is 4.99 Å². The van der Waals surface area contributed by atoms with Crippen LogP contribution in [0, 0.1) is 0 Å². The number of ether oxygens (including phenoxy) is 1. The van der Waals surface area contributed by atoms with E-state index < -0.39 is 0 Å². The van der Waals surface area contributed by atoms with Gasteiger partial charge < -0.3 is 15.8 Å². The third-order valence-corrected chi connectivity index (χ3v) is 2.46. The van der Waals surface area contributed by atoms with E-state index in [1.807, 2.05) is 26.0 Å². The molecule has 0 amide bonds. The third kappa shape index (κ3) is 8.27. The van der Waals surface area contributed by atoms with Crippen LogP contribution in [0.1, 0.15) is 13.8 Å². The van der Waals surface area contributed by atoms with Crippen LogP contribution < -0.4 is 15.8 Å². The Balaban J connectivity index is 0.00000361. The number of nitrogens with one attached hydrogen (secondary N) is 1. The van der Waals surface area contributed by atoms with Crippen LogP contribution >= 0.6 is 35.6 Å². The average Bonchev–Trinajstić information content (AvgIpc) is 2.34. The van der Waals surface area contributed by atoms with E-state index in [1.165, 1.54) is 0 Å². The molecule has 0 spiro atoms. The molecule has 6 heteroatoms. The molecule has 0 aliphatic carbocycles. The molecule has 0 aliphatic heterocycles. The number of benzene rings is 1. The number of hydrogen-bond acceptors (Lipinski definition) is 2. The number of rotatable bonds is 6. The van der Waals surface area contributed by atoms with Gasteiger partial charge in [0, 0.05) is 11.6 Å². The summed E-state index contributed by atoms with van der Waals surface area (Å²) in [6.07, 6.45) is -0.0800. The Hall–Kier alpha value is -0.950. The first-order valence-electron chi connectivity index (χ1n) is 6.07. The topological polar surface area (TPSA) is 59.6 Å². The van der Waals surface area contributed by atoms with Gasteiger partial charge in [0.1, 0.15) is 11.9 Å². The maximum absolute atomic E-state index is 5.88. The second kappa shape index (κ2) is 9.88. The minimum absolute atomic E-state index is 0. The maximum atomic E-state index is 5.88. The Morgan fingerprint density at radius 1 is 1.55 bits per heavy atom. The molecular formula is C14H21ClIN3O. The summed E-state index contributed by atoms with van der Waals surface area (Å²) in [6, 6.07) is 7.27. The van der Waals surface area contributed by atoms with E-state index in [0.29, 0.717) is 24.1 Å². The van der Waals surface area contributed by atoms with E-state index in [0.717, 1.165) is 11.3 Å². The second-order valence-corrected chi connectivity index (χ2v) is 4.86. The smallest absolute Gasteiger partial charge is 0.188 e. The van der Waals surface area contributed by atoms with Gasteiger partial charge in [0.25, 0.3) is 0 Å². The average molecular weight is 410 g/mol. The molecule has 1 aromatic carbocycles. The lowest BCUT2D eigenvalue weighted by Crippen LogP contribution is -2.33. The summed E-state index contributed by atoms with van der Waals surface area (Å²) >= 11 is 5.88. The minimum Gasteiger partial charge on any atom is -0.489 e. The molecule has 1 aromatic rings. The molecule has 0 aliphatic rings. The molecule has 0 bridgehead atoms. The standard InChI is InChI=1S/C14H20ClN3O.HI/c1-10(2)8-17-14(16)18-9-11(3)19-13-6-4-5-12(15)7-13;/h4-7,11H,1,8-9H2,2-3H3,(H3,16,17,18);1H. The van der Waals surface area contributed by atoms with Crippen LogP contribution in [0.5, 0.6) is 5.75 Å². The molecule has 0 saturated carbocycles. The van der Waals surface area contributed by atoms with E-state index in [-0.39, 0.29) is 30.1 Å². The quantitative estimate of drug-likeness (QED) is 0.328. The predicted molar refractivity (Wildman–Crippen MR) is 96.3 cm³/mol. The van der Waals surface area contributed by atoms with Crippen LogP contribution in [0.4, 0.5) is 0 Å². The zero-order valence-electron chi connectivity index (χ0n) is 11.7. The van der Waals surface area contributed by atoms with Crippen molar-refractivity contribution in [1.82, 2.24) is 5.32 Å². The summed E-state index contributed by atoms with van der Waals surface area (Å²) in [5, 5.41) is 3.61. The Labute approximate surface area is 142 Å². The van der Waals surface area contributed by atoms with Crippen LogP contribution in [0.2, 0.25) is 5.02 Å². The molecule has 0 heterocycles. The molecule has 0 aromatic heterocycles. The van der Waals surface area contributed by atoms with E-state index in [4.69, 9.17) is 22.1 Å². The summed E-state index contributed by atoms with van der Waals surface area (Å²) in [5.41, 5.74) is 6.71. The molecule has 0 fully saturated rings. The molecule has 20 heavy (non-hydrogen) atoms. The predicted octanol–water partition coefficient (Wildman–Crippen LogP) is 3.21. The highest BCUT2D eigenvalue weighted by atomic mass is 127. The Kier molecular flexibility index (Phi) is 9.41. The van der Waals surface area contributed by atoms with E-state index in [1.54, 1.807) is 12.1 Å². The molecule has 3 N–H and O–H groups in total. The van der Waals surface area contributed by atoms with E-state index in [2.05, 4.69) is 16.9 Å². The number of aliphatic imine (C=N–C) groups is 1. The lowest BCUT2D eigenvalue weighted by Gasteiger charge is -2.13. The Morgan fingerprint density at radius 3 is 2.85 bits per heavy atom. The third-order valence-electron chi connectivity index (χ3n) is 2.22. The number of halogens is 2. The molecule has 112 valence electrons. The van der Waals surface area contributed by atoms with Crippen molar-refractivity contribution in [3.8, 4) is 5.75 Å². The lowest BCUT2D eigenvalue weighted by molar-refractivity contribution is 0.230. The van der Waals surface area contributed by atoms with Crippen molar-refractivity contribution < 1.29 is 4.74 Å². The van der Waals surface area contributed by atoms with Gasteiger partial charge in [-0.1, -0.05) is 29.8 Å². The molecule has 0 radical (unpaired) electrons. The van der Waals surface area contributed by atoms with Crippen molar-refractivity contribution in [2.75, 3.05) is 13.1 Å². The monoisotopic (exact) mass is 409 g/mol. The molecule has 4 nitrogen and oxygen atoms in total. The molecule has 1 unspecified atom stereocenters. The zero-order chi connectivity index (χ0) is 14.3. The van der Waals surface area contributed by atoms with Gasteiger partial charge in [0.15, 0.2) is 5.96 Å². The number of nitrogens with zero attached hydrogens (tertiary/aromatic N) is 1. The fourth-order valence-electron chi connectivity index (χ4n) is 1.33. The largest absolute Gasteiger partial charge is 0.489 e. The molecule has 0 saturated heterocycles. The summed E-state index contributed by atoms with van der Waals surface area (Å²) in [7, 11) is 0. The van der Waals surface area contributed by atoms with Crippen molar-refractivity contribution in [1.29, 1.82) is 0 Å². The van der Waals surface area contributed by atoms with Gasteiger partial charge in [0.05, 0.1) is 6.54 Å². The van der Waals surface area contributed by atoms with Gasteiger partial charge in [-0.05, 0) is 32.0 Å². The van der Waals surface area contributed by atoms with E-state index in [9.17, 15) is 0 Å². The summed E-state index contributed by atoms with van der Waals surface area (Å²) in [4.78, 5) is 4.20. The molecule has 1 atom stereocenters. The van der Waals surface area contributed by atoms with Crippen LogP contribution in [0.15, 0.2) is 41.4 Å².